The molecule has 3 nitrogen and oxygen atoms in total. The first kappa shape index (κ1) is 12.9. The summed E-state index contributed by atoms with van der Waals surface area (Å²) in [6.07, 6.45) is 3.37. The smallest absolute Gasteiger partial charge is 0.322 e. The van der Waals surface area contributed by atoms with Crippen LogP contribution in [0.3, 0.4) is 0 Å². The minimum atomic E-state index is 0.0457. The van der Waals surface area contributed by atoms with Gasteiger partial charge in [0.25, 0.3) is 0 Å². The predicted molar refractivity (Wildman–Crippen MR) is 74.6 cm³/mol. The fraction of sp³-hybridized carbons (Fsp3) is 0.533. The first-order chi connectivity index (χ1) is 8.66. The summed E-state index contributed by atoms with van der Waals surface area (Å²) in [5.74, 6) is 0.635. The Labute approximate surface area is 109 Å². The third-order valence-corrected chi connectivity index (χ3v) is 3.22. The summed E-state index contributed by atoms with van der Waals surface area (Å²) < 4.78 is 0. The van der Waals surface area contributed by atoms with Crippen LogP contribution < -0.4 is 5.32 Å². The van der Waals surface area contributed by atoms with Gasteiger partial charge in [-0.15, -0.1) is 0 Å². The maximum atomic E-state index is 12.2. The Morgan fingerprint density at radius 3 is 2.56 bits per heavy atom. The molecule has 0 aromatic heterocycles. The lowest BCUT2D eigenvalue weighted by Gasteiger charge is -2.23. The van der Waals surface area contributed by atoms with Crippen molar-refractivity contribution in [3.8, 4) is 0 Å². The lowest BCUT2D eigenvalue weighted by atomic mass is 10.1. The molecule has 0 saturated heterocycles. The van der Waals surface area contributed by atoms with Crippen molar-refractivity contribution in [3.63, 3.8) is 0 Å². The molecule has 2 rings (SSSR count). The molecular formula is C15H22N2O. The van der Waals surface area contributed by atoms with Crippen LogP contribution in [0.15, 0.2) is 30.3 Å². The third kappa shape index (κ3) is 3.76. The number of nitrogens with zero attached hydrogens (tertiary/aromatic N) is 1. The molecule has 1 fully saturated rings. The normalized spacial score (nSPS) is 14.6. The van der Waals surface area contributed by atoms with Gasteiger partial charge in [-0.25, -0.2) is 4.79 Å². The molecule has 0 bridgehead atoms. The predicted octanol–water partition coefficient (Wildman–Crippen LogP) is 3.73. The van der Waals surface area contributed by atoms with Crippen molar-refractivity contribution >= 4 is 11.7 Å². The zero-order valence-corrected chi connectivity index (χ0v) is 11.2. The summed E-state index contributed by atoms with van der Waals surface area (Å²) >= 11 is 0. The molecule has 0 unspecified atom stereocenters. The van der Waals surface area contributed by atoms with Crippen molar-refractivity contribution in [3.05, 3.63) is 30.3 Å². The Hall–Kier alpha value is -1.51. The maximum Gasteiger partial charge on any atom is 0.322 e. The number of para-hydroxylation sites is 1. The summed E-state index contributed by atoms with van der Waals surface area (Å²) in [6, 6.07) is 10.2. The first-order valence-electron chi connectivity index (χ1n) is 6.79. The van der Waals surface area contributed by atoms with Crippen LogP contribution >= 0.6 is 0 Å². The molecule has 2 amide bonds. The fourth-order valence-corrected chi connectivity index (χ4v) is 1.95. The van der Waals surface area contributed by atoms with Gasteiger partial charge in [0.1, 0.15) is 0 Å². The maximum absolute atomic E-state index is 12.2. The van der Waals surface area contributed by atoms with Crippen LogP contribution in [-0.4, -0.2) is 23.5 Å². The molecular weight excluding hydrogens is 224 g/mol. The number of carbonyl (C=O) groups is 1. The van der Waals surface area contributed by atoms with Crippen LogP contribution in [0.2, 0.25) is 0 Å². The quantitative estimate of drug-likeness (QED) is 0.843. The number of carbonyl (C=O) groups excluding carboxylic acids is 1. The molecule has 98 valence electrons. The standard InChI is InChI=1S/C15H22N2O/c1-12(2)10-11-17(14-8-9-14)15(18)16-13-6-4-3-5-7-13/h3-7,12,14H,8-11H2,1-2H3,(H,16,18). The van der Waals surface area contributed by atoms with Crippen LogP contribution in [0.1, 0.15) is 33.1 Å². The van der Waals surface area contributed by atoms with Crippen molar-refractivity contribution in [1.29, 1.82) is 0 Å². The Balaban J connectivity index is 1.91. The molecule has 0 spiro atoms. The van der Waals surface area contributed by atoms with E-state index in [2.05, 4.69) is 19.2 Å². The van der Waals surface area contributed by atoms with Crippen molar-refractivity contribution < 1.29 is 4.79 Å². The highest BCUT2D eigenvalue weighted by molar-refractivity contribution is 5.89. The molecule has 1 saturated carbocycles. The Bertz CT molecular complexity index is 385. The molecule has 0 aliphatic heterocycles. The highest BCUT2D eigenvalue weighted by Crippen LogP contribution is 2.28. The monoisotopic (exact) mass is 246 g/mol. The number of nitrogens with one attached hydrogen (secondary N) is 1. The van der Waals surface area contributed by atoms with Crippen molar-refractivity contribution in [2.24, 2.45) is 5.92 Å². The van der Waals surface area contributed by atoms with Crippen molar-refractivity contribution in [2.75, 3.05) is 11.9 Å². The molecule has 0 atom stereocenters. The minimum absolute atomic E-state index is 0.0457. The average Bonchev–Trinajstić information content (AvgIpc) is 3.14. The number of benzene rings is 1. The van der Waals surface area contributed by atoms with E-state index in [9.17, 15) is 4.79 Å². The van der Waals surface area contributed by atoms with Gasteiger partial charge in [-0.3, -0.25) is 0 Å². The zero-order chi connectivity index (χ0) is 13.0. The third-order valence-electron chi connectivity index (χ3n) is 3.22. The summed E-state index contributed by atoms with van der Waals surface area (Å²) in [6.45, 7) is 5.25. The minimum Gasteiger partial charge on any atom is -0.322 e. The molecule has 1 aromatic carbocycles. The Morgan fingerprint density at radius 2 is 2.00 bits per heavy atom. The number of hydrogen-bond donors (Lipinski definition) is 1. The second-order valence-electron chi connectivity index (χ2n) is 5.40. The van der Waals surface area contributed by atoms with Gasteiger partial charge in [-0.1, -0.05) is 32.0 Å². The number of hydrogen-bond acceptors (Lipinski definition) is 1. The van der Waals surface area contributed by atoms with E-state index in [4.69, 9.17) is 0 Å². The lowest BCUT2D eigenvalue weighted by Crippen LogP contribution is -2.37. The second-order valence-corrected chi connectivity index (χ2v) is 5.40. The van der Waals surface area contributed by atoms with E-state index in [1.165, 1.54) is 0 Å². The Kier molecular flexibility index (Phi) is 4.24. The summed E-state index contributed by atoms with van der Waals surface area (Å²) in [4.78, 5) is 14.2. The molecule has 0 radical (unpaired) electrons. The highest BCUT2D eigenvalue weighted by atomic mass is 16.2. The largest absolute Gasteiger partial charge is 0.322 e. The molecule has 0 heterocycles. The zero-order valence-electron chi connectivity index (χ0n) is 11.2. The van der Waals surface area contributed by atoms with Gasteiger partial charge in [-0.2, -0.15) is 0 Å². The van der Waals surface area contributed by atoms with E-state index in [0.29, 0.717) is 12.0 Å². The highest BCUT2D eigenvalue weighted by Gasteiger charge is 2.32. The van der Waals surface area contributed by atoms with E-state index >= 15 is 0 Å². The number of rotatable bonds is 5. The average molecular weight is 246 g/mol. The lowest BCUT2D eigenvalue weighted by molar-refractivity contribution is 0.205. The van der Waals surface area contributed by atoms with Gasteiger partial charge in [0.2, 0.25) is 0 Å². The van der Waals surface area contributed by atoms with E-state index in [1.54, 1.807) is 0 Å². The topological polar surface area (TPSA) is 32.3 Å². The molecule has 18 heavy (non-hydrogen) atoms. The SMILES string of the molecule is CC(C)CCN(C(=O)Nc1ccccc1)C1CC1. The summed E-state index contributed by atoms with van der Waals surface area (Å²) in [5, 5.41) is 2.97. The van der Waals surface area contributed by atoms with Gasteiger partial charge in [0.15, 0.2) is 0 Å². The number of urea groups is 1. The molecule has 1 aliphatic carbocycles. The van der Waals surface area contributed by atoms with Crippen LogP contribution in [0.25, 0.3) is 0 Å². The van der Waals surface area contributed by atoms with Crippen LogP contribution in [0.4, 0.5) is 10.5 Å². The van der Waals surface area contributed by atoms with Crippen LogP contribution in [0, 0.1) is 5.92 Å². The van der Waals surface area contributed by atoms with Crippen LogP contribution in [-0.2, 0) is 0 Å². The number of amides is 2. The molecule has 1 aromatic rings. The first-order valence-corrected chi connectivity index (χ1v) is 6.79. The molecule has 1 aliphatic rings. The fourth-order valence-electron chi connectivity index (χ4n) is 1.95. The van der Waals surface area contributed by atoms with E-state index in [-0.39, 0.29) is 6.03 Å². The Morgan fingerprint density at radius 1 is 1.33 bits per heavy atom. The van der Waals surface area contributed by atoms with Crippen LogP contribution in [0.5, 0.6) is 0 Å². The van der Waals surface area contributed by atoms with Gasteiger partial charge in [0, 0.05) is 18.3 Å². The second kappa shape index (κ2) is 5.89. The van der Waals surface area contributed by atoms with E-state index in [0.717, 1.165) is 31.5 Å². The number of anilines is 1. The summed E-state index contributed by atoms with van der Waals surface area (Å²) in [5.41, 5.74) is 0.873. The summed E-state index contributed by atoms with van der Waals surface area (Å²) in [7, 11) is 0. The van der Waals surface area contributed by atoms with Gasteiger partial charge in [0.05, 0.1) is 0 Å². The van der Waals surface area contributed by atoms with Gasteiger partial charge >= 0.3 is 6.03 Å². The van der Waals surface area contributed by atoms with E-state index in [1.807, 2.05) is 35.2 Å². The van der Waals surface area contributed by atoms with Crippen molar-refractivity contribution in [1.82, 2.24) is 4.90 Å². The van der Waals surface area contributed by atoms with Crippen molar-refractivity contribution in [2.45, 2.75) is 39.2 Å². The molecule has 1 N–H and O–H groups in total. The van der Waals surface area contributed by atoms with Gasteiger partial charge in [-0.05, 0) is 37.3 Å². The van der Waals surface area contributed by atoms with E-state index < -0.39 is 0 Å². The van der Waals surface area contributed by atoms with Gasteiger partial charge < -0.3 is 10.2 Å². The molecule has 3 heteroatoms.